The Balaban J connectivity index is 1.28. The number of hydrogen-bond acceptors (Lipinski definition) is 5. The van der Waals surface area contributed by atoms with Crippen LogP contribution in [0.5, 0.6) is 11.5 Å². The van der Waals surface area contributed by atoms with Crippen molar-refractivity contribution in [2.45, 2.75) is 64.7 Å². The van der Waals surface area contributed by atoms with Crippen molar-refractivity contribution in [3.63, 3.8) is 0 Å². The summed E-state index contributed by atoms with van der Waals surface area (Å²) in [6.45, 7) is 6.89. The van der Waals surface area contributed by atoms with Crippen LogP contribution in [-0.4, -0.2) is 87.4 Å². The first-order valence-electron chi connectivity index (χ1n) is 16.2. The molecule has 2 atom stereocenters. The molecule has 48 heavy (non-hydrogen) atoms. The molecule has 0 unspecified atom stereocenters. The standard InChI is InChI=1S/C37H40ClN3O7/c1-22-6-4-5-7-26(22)19-40(27-10-11-27)35(42)34-30(18-28-20-39(36(43)44)21-32(34)41(28)37(45)46)25-8-12-29(13-9-25)47-14-15-48-33-17-24(3)23(2)16-31(33)38/h4-9,12-13,16-17,27-28,32H,10-11,14-15,18-21H2,1-3H3,(H,43,44)(H,45,46)/t28-,32-/m1/s1. The molecule has 3 amide bonds. The van der Waals surface area contributed by atoms with Crippen LogP contribution in [0.1, 0.15) is 47.1 Å². The Hall–Kier alpha value is -4.70. The third-order valence-electron chi connectivity index (χ3n) is 9.58. The van der Waals surface area contributed by atoms with E-state index < -0.39 is 24.3 Å². The summed E-state index contributed by atoms with van der Waals surface area (Å²) in [7, 11) is 0. The van der Waals surface area contributed by atoms with E-state index >= 15 is 0 Å². The van der Waals surface area contributed by atoms with Crippen molar-refractivity contribution in [3.05, 3.63) is 99.1 Å². The van der Waals surface area contributed by atoms with Crippen LogP contribution in [-0.2, 0) is 11.3 Å². The summed E-state index contributed by atoms with van der Waals surface area (Å²) in [5.41, 5.74) is 6.12. The summed E-state index contributed by atoms with van der Waals surface area (Å²) in [6.07, 6.45) is -0.355. The molecule has 6 rings (SSSR count). The first-order valence-corrected chi connectivity index (χ1v) is 16.6. The third kappa shape index (κ3) is 6.94. The van der Waals surface area contributed by atoms with E-state index in [0.29, 0.717) is 35.2 Å². The molecular weight excluding hydrogens is 634 g/mol. The van der Waals surface area contributed by atoms with Crippen LogP contribution in [0.15, 0.2) is 66.2 Å². The van der Waals surface area contributed by atoms with E-state index in [-0.39, 0.29) is 38.1 Å². The first-order chi connectivity index (χ1) is 23.0. The zero-order chi connectivity index (χ0) is 34.1. The summed E-state index contributed by atoms with van der Waals surface area (Å²) < 4.78 is 11.8. The number of ether oxygens (including phenoxy) is 2. The van der Waals surface area contributed by atoms with Gasteiger partial charge in [-0.25, -0.2) is 9.59 Å². The molecule has 0 aromatic heterocycles. The van der Waals surface area contributed by atoms with E-state index in [1.807, 2.05) is 86.3 Å². The maximum atomic E-state index is 14.7. The van der Waals surface area contributed by atoms with E-state index in [1.165, 1.54) is 9.80 Å². The number of carbonyl (C=O) groups excluding carboxylic acids is 1. The Labute approximate surface area is 285 Å². The number of aryl methyl sites for hydroxylation is 3. The fraction of sp³-hybridized carbons (Fsp3) is 0.378. The highest BCUT2D eigenvalue weighted by Crippen LogP contribution is 2.41. The van der Waals surface area contributed by atoms with Crippen LogP contribution in [0.25, 0.3) is 5.57 Å². The minimum absolute atomic E-state index is 0.0321. The van der Waals surface area contributed by atoms with E-state index in [4.69, 9.17) is 21.1 Å². The Morgan fingerprint density at radius 3 is 2.23 bits per heavy atom. The Morgan fingerprint density at radius 1 is 0.875 bits per heavy atom. The molecule has 2 heterocycles. The molecule has 2 aliphatic heterocycles. The summed E-state index contributed by atoms with van der Waals surface area (Å²) in [6, 6.07) is 17.6. The molecule has 252 valence electrons. The van der Waals surface area contributed by atoms with Crippen LogP contribution < -0.4 is 9.47 Å². The topological polar surface area (TPSA) is 120 Å². The molecule has 3 aliphatic rings. The van der Waals surface area contributed by atoms with E-state index in [2.05, 4.69) is 0 Å². The second-order valence-corrected chi connectivity index (χ2v) is 13.2. The van der Waals surface area contributed by atoms with Crippen LogP contribution in [0.4, 0.5) is 9.59 Å². The van der Waals surface area contributed by atoms with Gasteiger partial charge in [0.15, 0.2) is 0 Å². The lowest BCUT2D eigenvalue weighted by molar-refractivity contribution is -0.129. The van der Waals surface area contributed by atoms with Gasteiger partial charge in [-0.2, -0.15) is 0 Å². The fourth-order valence-electron chi connectivity index (χ4n) is 6.71. The van der Waals surface area contributed by atoms with Crippen LogP contribution in [0.2, 0.25) is 5.02 Å². The minimum Gasteiger partial charge on any atom is -0.490 e. The quantitative estimate of drug-likeness (QED) is 0.228. The summed E-state index contributed by atoms with van der Waals surface area (Å²) in [5, 5.41) is 20.7. The van der Waals surface area contributed by atoms with E-state index in [0.717, 1.165) is 46.2 Å². The van der Waals surface area contributed by atoms with Gasteiger partial charge in [0.25, 0.3) is 5.91 Å². The van der Waals surface area contributed by atoms with Crippen molar-refractivity contribution < 1.29 is 34.1 Å². The molecule has 11 heteroatoms. The molecule has 0 radical (unpaired) electrons. The molecule has 2 bridgehead atoms. The van der Waals surface area contributed by atoms with Gasteiger partial charge in [-0.3, -0.25) is 9.69 Å². The van der Waals surface area contributed by atoms with Gasteiger partial charge in [0.1, 0.15) is 24.7 Å². The lowest BCUT2D eigenvalue weighted by atomic mass is 9.81. The second kappa shape index (κ2) is 13.8. The van der Waals surface area contributed by atoms with Gasteiger partial charge >= 0.3 is 12.2 Å². The number of hydrogen-bond donors (Lipinski definition) is 2. The normalized spacial score (nSPS) is 18.8. The largest absolute Gasteiger partial charge is 0.490 e. The van der Waals surface area contributed by atoms with E-state index in [9.17, 15) is 24.6 Å². The number of piperazine rings is 1. The Morgan fingerprint density at radius 2 is 1.56 bits per heavy atom. The zero-order valence-corrected chi connectivity index (χ0v) is 28.1. The van der Waals surface area contributed by atoms with Gasteiger partial charge in [0, 0.05) is 31.2 Å². The zero-order valence-electron chi connectivity index (χ0n) is 27.3. The minimum atomic E-state index is -1.16. The third-order valence-corrected chi connectivity index (χ3v) is 9.88. The summed E-state index contributed by atoms with van der Waals surface area (Å²) in [4.78, 5) is 43.7. The molecule has 2 fully saturated rings. The van der Waals surface area contributed by atoms with Crippen molar-refractivity contribution in [2.75, 3.05) is 26.3 Å². The molecule has 0 spiro atoms. The Bertz CT molecular complexity index is 1750. The van der Waals surface area contributed by atoms with Crippen molar-refractivity contribution in [3.8, 4) is 11.5 Å². The van der Waals surface area contributed by atoms with Crippen molar-refractivity contribution in [2.24, 2.45) is 0 Å². The van der Waals surface area contributed by atoms with Crippen LogP contribution >= 0.6 is 11.6 Å². The number of nitrogens with zero attached hydrogens (tertiary/aromatic N) is 3. The van der Waals surface area contributed by atoms with Crippen molar-refractivity contribution in [1.29, 1.82) is 0 Å². The predicted molar refractivity (Wildman–Crippen MR) is 182 cm³/mol. The molecule has 1 saturated heterocycles. The number of amides is 3. The maximum Gasteiger partial charge on any atom is 0.408 e. The molecule has 2 N–H and O–H groups in total. The molecule has 1 aliphatic carbocycles. The SMILES string of the molecule is Cc1cc(Cl)c(OCCOc2ccc(C3=C(C(=O)N(Cc4ccccc4C)C4CC4)[C@H]4CN(C(=O)O)C[C@@H](C3)N4C(=O)O)cc2)cc1C. The highest BCUT2D eigenvalue weighted by molar-refractivity contribution is 6.32. The van der Waals surface area contributed by atoms with Crippen LogP contribution in [0.3, 0.4) is 0 Å². The predicted octanol–water partition coefficient (Wildman–Crippen LogP) is 6.78. The van der Waals surface area contributed by atoms with Gasteiger partial charge < -0.3 is 29.5 Å². The van der Waals surface area contributed by atoms with E-state index in [1.54, 1.807) is 0 Å². The number of rotatable bonds is 10. The lowest BCUT2D eigenvalue weighted by Gasteiger charge is -2.49. The van der Waals surface area contributed by atoms with Crippen molar-refractivity contribution >= 4 is 35.3 Å². The second-order valence-electron chi connectivity index (χ2n) is 12.8. The monoisotopic (exact) mass is 673 g/mol. The first kappa shape index (κ1) is 33.2. The summed E-state index contributed by atoms with van der Waals surface area (Å²) in [5.74, 6) is 0.965. The lowest BCUT2D eigenvalue weighted by Crippen LogP contribution is -2.65. The fourth-order valence-corrected chi connectivity index (χ4v) is 6.98. The smallest absolute Gasteiger partial charge is 0.408 e. The Kier molecular flexibility index (Phi) is 9.55. The average Bonchev–Trinajstić information content (AvgIpc) is 3.89. The highest BCUT2D eigenvalue weighted by atomic mass is 35.5. The maximum absolute atomic E-state index is 14.7. The average molecular weight is 674 g/mol. The van der Waals surface area contributed by atoms with Gasteiger partial charge in [-0.15, -0.1) is 0 Å². The van der Waals surface area contributed by atoms with Gasteiger partial charge in [0.05, 0.1) is 17.1 Å². The molecule has 1 saturated carbocycles. The number of carboxylic acid groups (broad SMARTS) is 2. The number of benzene rings is 3. The number of carbonyl (C=O) groups is 3. The molecular formula is C37H40ClN3O7. The highest BCUT2D eigenvalue weighted by Gasteiger charge is 2.49. The van der Waals surface area contributed by atoms with Crippen LogP contribution in [0, 0.1) is 20.8 Å². The van der Waals surface area contributed by atoms with Gasteiger partial charge in [0.2, 0.25) is 0 Å². The number of fused-ring (bicyclic) bond motifs is 2. The van der Waals surface area contributed by atoms with Gasteiger partial charge in [-0.05, 0) is 97.7 Å². The molecule has 10 nitrogen and oxygen atoms in total. The summed E-state index contributed by atoms with van der Waals surface area (Å²) >= 11 is 6.33. The van der Waals surface area contributed by atoms with Crippen molar-refractivity contribution in [1.82, 2.24) is 14.7 Å². The molecule has 3 aromatic carbocycles. The number of halogens is 1. The van der Waals surface area contributed by atoms with Gasteiger partial charge in [-0.1, -0.05) is 48.0 Å². The molecule has 3 aromatic rings.